The van der Waals surface area contributed by atoms with Gasteiger partial charge >= 0.3 is 0 Å². The Morgan fingerprint density at radius 3 is 1.73 bits per heavy atom. The largest absolute Gasteiger partial charge is 0.456 e. The van der Waals surface area contributed by atoms with Crippen molar-refractivity contribution in [2.45, 2.75) is 0 Å². The lowest BCUT2D eigenvalue weighted by molar-refractivity contribution is 0.669. The quantitative estimate of drug-likeness (QED) is 0.156. The molecule has 14 aromatic rings. The smallest absolute Gasteiger partial charge is 0.145 e. The molecular weight excluding hydrogens is 805 g/mol. The molecule has 3 heterocycles. The summed E-state index contributed by atoms with van der Waals surface area (Å²) < 4.78 is 16.0. The Morgan fingerprint density at radius 1 is 0.333 bits per heavy atom. The molecule has 0 bridgehead atoms. The Bertz CT molecular complexity index is 4210. The second-order valence-electron chi connectivity index (χ2n) is 17.1. The predicted octanol–water partition coefficient (Wildman–Crippen LogP) is 17.7. The van der Waals surface area contributed by atoms with Crippen molar-refractivity contribution in [1.82, 2.24) is 4.57 Å². The van der Waals surface area contributed by atoms with E-state index in [1.54, 1.807) is 0 Å². The molecule has 308 valence electrons. The van der Waals surface area contributed by atoms with Gasteiger partial charge in [-0.05, 0) is 94.0 Å². The van der Waals surface area contributed by atoms with Crippen LogP contribution in [0, 0.1) is 0 Å². The van der Waals surface area contributed by atoms with Crippen LogP contribution in [0.25, 0.3) is 115 Å². The first-order chi connectivity index (χ1) is 32.8. The summed E-state index contributed by atoms with van der Waals surface area (Å²) in [5.41, 5.74) is 14.2. The molecule has 4 nitrogen and oxygen atoms in total. The number of hydrogen-bond donors (Lipinski definition) is 0. The molecule has 3 aromatic heterocycles. The summed E-state index contributed by atoms with van der Waals surface area (Å²) >= 11 is 0. The van der Waals surface area contributed by atoms with Gasteiger partial charge < -0.3 is 18.3 Å². The number of benzene rings is 11. The third-order valence-corrected chi connectivity index (χ3v) is 13.6. The van der Waals surface area contributed by atoms with E-state index in [1.165, 1.54) is 21.5 Å². The van der Waals surface area contributed by atoms with Crippen molar-refractivity contribution in [2.24, 2.45) is 0 Å². The molecule has 0 spiro atoms. The van der Waals surface area contributed by atoms with Crippen molar-refractivity contribution in [3.05, 3.63) is 231 Å². The van der Waals surface area contributed by atoms with Crippen LogP contribution in [0.3, 0.4) is 0 Å². The van der Waals surface area contributed by atoms with Crippen molar-refractivity contribution in [2.75, 3.05) is 4.90 Å². The van der Waals surface area contributed by atoms with Gasteiger partial charge in [0.25, 0.3) is 0 Å². The van der Waals surface area contributed by atoms with Crippen LogP contribution in [-0.4, -0.2) is 4.57 Å². The summed E-state index contributed by atoms with van der Waals surface area (Å²) in [5.74, 6) is 0. The molecule has 0 saturated heterocycles. The number of rotatable bonds is 6. The standard InChI is InChI=1S/C62H38N2O2/c1-2-20-42-39(17-1)38-56(44-22-4-3-21-43(42)44)64(54-31-12-7-25-47(54)49-28-16-34-59-61(49)51-27-9-14-33-58(51)65-59)55-36-35-50-48-26-8-13-32-57(48)66-62(50)60(55)40-18-15-19-41(37-40)63-52-29-10-5-23-45(52)46-24-6-11-30-53(46)63/h1-38H. The lowest BCUT2D eigenvalue weighted by atomic mass is 9.93. The van der Waals surface area contributed by atoms with Crippen LogP contribution in [0.5, 0.6) is 0 Å². The van der Waals surface area contributed by atoms with Gasteiger partial charge in [-0.1, -0.05) is 164 Å². The number of aromatic nitrogens is 1. The molecule has 0 aliphatic rings. The van der Waals surface area contributed by atoms with Gasteiger partial charge in [-0.25, -0.2) is 0 Å². The van der Waals surface area contributed by atoms with Crippen LogP contribution < -0.4 is 4.90 Å². The fourth-order valence-corrected chi connectivity index (χ4v) is 10.7. The Labute approximate surface area is 379 Å². The van der Waals surface area contributed by atoms with Gasteiger partial charge in [-0.2, -0.15) is 0 Å². The van der Waals surface area contributed by atoms with Crippen molar-refractivity contribution in [3.63, 3.8) is 0 Å². The highest BCUT2D eigenvalue weighted by Crippen LogP contribution is 2.52. The van der Waals surface area contributed by atoms with Gasteiger partial charge in [0.2, 0.25) is 0 Å². The molecule has 0 amide bonds. The number of furan rings is 2. The van der Waals surface area contributed by atoms with Crippen LogP contribution in [0.15, 0.2) is 239 Å². The number of fused-ring (bicyclic) bond motifs is 12. The SMILES string of the molecule is c1cc(-c2c(N(c3ccccc3-c3cccc4oc5ccccc5c34)c3cc4ccccc4c4ccccc34)ccc3c2oc2ccccc23)cc(-n2c3ccccc3c3ccccc32)c1. The minimum Gasteiger partial charge on any atom is -0.456 e. The fourth-order valence-electron chi connectivity index (χ4n) is 10.7. The van der Waals surface area contributed by atoms with Crippen molar-refractivity contribution < 1.29 is 8.83 Å². The van der Waals surface area contributed by atoms with Gasteiger partial charge in [0, 0.05) is 54.5 Å². The Morgan fingerprint density at radius 2 is 0.924 bits per heavy atom. The van der Waals surface area contributed by atoms with Gasteiger partial charge in [-0.15, -0.1) is 0 Å². The normalized spacial score (nSPS) is 11.9. The molecule has 0 aliphatic carbocycles. The molecule has 14 rings (SSSR count). The third kappa shape index (κ3) is 5.39. The monoisotopic (exact) mass is 842 g/mol. The molecular formula is C62H38N2O2. The van der Waals surface area contributed by atoms with Crippen LogP contribution in [0.2, 0.25) is 0 Å². The van der Waals surface area contributed by atoms with Gasteiger partial charge in [0.1, 0.15) is 22.3 Å². The van der Waals surface area contributed by atoms with E-state index in [0.29, 0.717) is 0 Å². The summed E-state index contributed by atoms with van der Waals surface area (Å²) in [7, 11) is 0. The summed E-state index contributed by atoms with van der Waals surface area (Å²) in [6.45, 7) is 0. The van der Waals surface area contributed by atoms with Gasteiger partial charge in [0.05, 0.1) is 28.1 Å². The zero-order valence-corrected chi connectivity index (χ0v) is 35.7. The Hall–Kier alpha value is -8.86. The number of anilines is 3. The molecule has 66 heavy (non-hydrogen) atoms. The zero-order valence-electron chi connectivity index (χ0n) is 35.7. The van der Waals surface area contributed by atoms with Crippen molar-refractivity contribution >= 4 is 104 Å². The molecule has 0 unspecified atom stereocenters. The number of hydrogen-bond acceptors (Lipinski definition) is 3. The fraction of sp³-hybridized carbons (Fsp3) is 0. The van der Waals surface area contributed by atoms with E-state index in [0.717, 1.165) is 111 Å². The van der Waals surface area contributed by atoms with E-state index < -0.39 is 0 Å². The highest BCUT2D eigenvalue weighted by Gasteiger charge is 2.27. The minimum absolute atomic E-state index is 0.837. The maximum absolute atomic E-state index is 7.09. The Kier molecular flexibility index (Phi) is 7.95. The molecule has 0 fully saturated rings. The van der Waals surface area contributed by atoms with E-state index in [1.807, 2.05) is 6.07 Å². The molecule has 11 aromatic carbocycles. The lowest BCUT2D eigenvalue weighted by Crippen LogP contribution is -2.13. The molecule has 4 heteroatoms. The van der Waals surface area contributed by atoms with Gasteiger partial charge in [-0.3, -0.25) is 0 Å². The van der Waals surface area contributed by atoms with E-state index in [9.17, 15) is 0 Å². The Balaban J connectivity index is 1.12. The average Bonchev–Trinajstić information content (AvgIpc) is 4.06. The van der Waals surface area contributed by atoms with E-state index in [2.05, 4.69) is 234 Å². The first kappa shape index (κ1) is 36.6. The second-order valence-corrected chi connectivity index (χ2v) is 17.1. The van der Waals surface area contributed by atoms with Crippen molar-refractivity contribution in [3.8, 4) is 27.9 Å². The predicted molar refractivity (Wildman–Crippen MR) is 276 cm³/mol. The average molecular weight is 843 g/mol. The highest BCUT2D eigenvalue weighted by atomic mass is 16.3. The van der Waals surface area contributed by atoms with Gasteiger partial charge in [0.15, 0.2) is 0 Å². The summed E-state index contributed by atoms with van der Waals surface area (Å²) in [4.78, 5) is 2.49. The van der Waals surface area contributed by atoms with Crippen LogP contribution in [-0.2, 0) is 0 Å². The lowest BCUT2D eigenvalue weighted by Gasteiger charge is -2.31. The second kappa shape index (κ2) is 14.3. The molecule has 0 radical (unpaired) electrons. The van der Waals surface area contributed by atoms with Crippen LogP contribution in [0.4, 0.5) is 17.1 Å². The maximum Gasteiger partial charge on any atom is 0.145 e. The van der Waals surface area contributed by atoms with E-state index in [-0.39, 0.29) is 0 Å². The highest BCUT2D eigenvalue weighted by molar-refractivity contribution is 6.20. The molecule has 0 N–H and O–H groups in total. The first-order valence-electron chi connectivity index (χ1n) is 22.5. The van der Waals surface area contributed by atoms with E-state index in [4.69, 9.17) is 8.83 Å². The maximum atomic E-state index is 7.09. The molecule has 0 saturated carbocycles. The summed E-state index contributed by atoms with van der Waals surface area (Å²) in [5, 5.41) is 11.5. The van der Waals surface area contributed by atoms with Crippen molar-refractivity contribution in [1.29, 1.82) is 0 Å². The topological polar surface area (TPSA) is 34.5 Å². The minimum atomic E-state index is 0.837. The molecule has 0 aliphatic heterocycles. The number of para-hydroxylation sites is 5. The molecule has 0 atom stereocenters. The summed E-state index contributed by atoms with van der Waals surface area (Å²) in [6.07, 6.45) is 0. The third-order valence-electron chi connectivity index (χ3n) is 13.6. The van der Waals surface area contributed by atoms with E-state index >= 15 is 0 Å². The summed E-state index contributed by atoms with van der Waals surface area (Å²) in [6, 6.07) is 82.9. The van der Waals surface area contributed by atoms with Crippen LogP contribution in [0.1, 0.15) is 0 Å². The van der Waals surface area contributed by atoms with Crippen LogP contribution >= 0.6 is 0 Å². The zero-order chi connectivity index (χ0) is 43.3. The number of nitrogens with zero attached hydrogens (tertiary/aromatic N) is 2. The first-order valence-corrected chi connectivity index (χ1v) is 22.5.